The second kappa shape index (κ2) is 8.98. The molecule has 2 unspecified atom stereocenters. The Morgan fingerprint density at radius 2 is 2.00 bits per heavy atom. The van der Waals surface area contributed by atoms with Crippen molar-refractivity contribution in [1.82, 2.24) is 25.1 Å². The van der Waals surface area contributed by atoms with Crippen LogP contribution in [-0.2, 0) is 13.1 Å². The van der Waals surface area contributed by atoms with Crippen molar-refractivity contribution in [3.8, 4) is 0 Å². The van der Waals surface area contributed by atoms with Crippen LogP contribution in [0.5, 0.6) is 0 Å². The van der Waals surface area contributed by atoms with Crippen LogP contribution in [0.4, 0.5) is 10.1 Å². The number of nitrogens with zero attached hydrogens (tertiary/aromatic N) is 5. The number of anilines is 1. The van der Waals surface area contributed by atoms with Gasteiger partial charge in [-0.05, 0) is 49.2 Å². The first kappa shape index (κ1) is 22.1. The summed E-state index contributed by atoms with van der Waals surface area (Å²) in [4.78, 5) is 24.5. The maximum atomic E-state index is 14.4. The highest BCUT2D eigenvalue weighted by Crippen LogP contribution is 2.41. The van der Waals surface area contributed by atoms with E-state index >= 15 is 0 Å². The van der Waals surface area contributed by atoms with Crippen LogP contribution in [0.3, 0.4) is 0 Å². The van der Waals surface area contributed by atoms with E-state index in [9.17, 15) is 9.18 Å². The molecule has 3 aliphatic heterocycles. The van der Waals surface area contributed by atoms with E-state index in [1.54, 1.807) is 6.33 Å². The molecule has 0 amide bonds. The Hall–Kier alpha value is -3.43. The van der Waals surface area contributed by atoms with E-state index in [0.717, 1.165) is 49.7 Å². The Kier molecular flexibility index (Phi) is 5.66. The number of likely N-dealkylation sites (tertiary alicyclic amines) is 1. The molecule has 0 bridgehead atoms. The number of hydrogen-bond acceptors (Lipinski definition) is 7. The number of aryl methyl sites for hydroxylation is 1. The van der Waals surface area contributed by atoms with Gasteiger partial charge >= 0.3 is 0 Å². The molecular formula is C26H28FN7O. The summed E-state index contributed by atoms with van der Waals surface area (Å²) in [7, 11) is 0. The largest absolute Gasteiger partial charge is 0.320 e. The third-order valence-electron chi connectivity index (χ3n) is 7.10. The summed E-state index contributed by atoms with van der Waals surface area (Å²) in [5, 5.41) is 4.47. The first-order chi connectivity index (χ1) is 17.1. The van der Waals surface area contributed by atoms with Crippen LogP contribution in [0.1, 0.15) is 64.6 Å². The molecule has 8 nitrogen and oxygen atoms in total. The van der Waals surface area contributed by atoms with Gasteiger partial charge in [0.1, 0.15) is 24.5 Å². The molecule has 6 rings (SSSR count). The molecule has 180 valence electrons. The van der Waals surface area contributed by atoms with Crippen LogP contribution in [0.15, 0.2) is 47.7 Å². The molecule has 0 radical (unpaired) electrons. The molecule has 0 aliphatic carbocycles. The minimum absolute atomic E-state index is 0.00880. The van der Waals surface area contributed by atoms with Crippen molar-refractivity contribution < 1.29 is 9.18 Å². The van der Waals surface area contributed by atoms with Crippen molar-refractivity contribution in [1.29, 1.82) is 0 Å². The minimum atomic E-state index is -0.456. The lowest BCUT2D eigenvalue weighted by Gasteiger charge is -2.31. The summed E-state index contributed by atoms with van der Waals surface area (Å²) >= 11 is 0. The van der Waals surface area contributed by atoms with Crippen molar-refractivity contribution >= 4 is 17.2 Å². The van der Waals surface area contributed by atoms with E-state index in [1.165, 1.54) is 24.1 Å². The number of Topliss-reactive ketones (excluding diaryl/α,β-unsaturated/α-hetero) is 1. The lowest BCUT2D eigenvalue weighted by molar-refractivity contribution is 0.0999. The maximum Gasteiger partial charge on any atom is 0.185 e. The lowest BCUT2D eigenvalue weighted by atomic mass is 9.82. The minimum Gasteiger partial charge on any atom is -0.320 e. The number of rotatable bonds is 6. The van der Waals surface area contributed by atoms with E-state index in [2.05, 4.69) is 57.0 Å². The molecule has 3 aliphatic rings. The van der Waals surface area contributed by atoms with Gasteiger partial charge in [-0.15, -0.1) is 0 Å². The van der Waals surface area contributed by atoms with Crippen molar-refractivity contribution in [3.05, 3.63) is 76.6 Å². The second-order valence-corrected chi connectivity index (χ2v) is 9.44. The predicted octanol–water partition coefficient (Wildman–Crippen LogP) is 3.47. The van der Waals surface area contributed by atoms with Gasteiger partial charge in [-0.3, -0.25) is 14.7 Å². The number of halogens is 1. The average molecular weight is 474 g/mol. The highest BCUT2D eigenvalue weighted by atomic mass is 19.1. The van der Waals surface area contributed by atoms with Crippen molar-refractivity contribution in [2.24, 2.45) is 4.99 Å². The number of carbonyl (C=O) groups excluding carboxylic acids is 1. The Morgan fingerprint density at radius 3 is 2.74 bits per heavy atom. The predicted molar refractivity (Wildman–Crippen MR) is 131 cm³/mol. The van der Waals surface area contributed by atoms with Gasteiger partial charge in [0.15, 0.2) is 5.78 Å². The van der Waals surface area contributed by atoms with Crippen LogP contribution in [0.2, 0.25) is 0 Å². The summed E-state index contributed by atoms with van der Waals surface area (Å²) < 4.78 is 16.4. The monoisotopic (exact) mass is 473 g/mol. The third kappa shape index (κ3) is 3.94. The Balaban J connectivity index is 1.46. The van der Waals surface area contributed by atoms with Gasteiger partial charge in [0, 0.05) is 24.2 Å². The maximum absolute atomic E-state index is 14.4. The Morgan fingerprint density at radius 1 is 1.17 bits per heavy atom. The van der Waals surface area contributed by atoms with Crippen molar-refractivity contribution in [2.75, 3.05) is 25.1 Å². The average Bonchev–Trinajstić information content (AvgIpc) is 3.21. The quantitative estimate of drug-likeness (QED) is 0.570. The molecule has 3 aromatic rings. The van der Waals surface area contributed by atoms with Crippen molar-refractivity contribution in [3.63, 3.8) is 0 Å². The van der Waals surface area contributed by atoms with E-state index < -0.39 is 5.82 Å². The fourth-order valence-corrected chi connectivity index (χ4v) is 5.25. The standard InChI is InChI=1S/C26H28FN7O/c1-2-8-34-26(29-15-30-34)23-24(17-6-4-16(5-7-17)14-33-9-3-10-33)32-31-20-12-18(27)11-19-21(35)13-28-25(23)22(19)20/h4-7,11-12,15,23-24,31-32H,2-3,8-10,13-14H2,1H3. The first-order valence-corrected chi connectivity index (χ1v) is 12.2. The zero-order valence-corrected chi connectivity index (χ0v) is 19.7. The fourth-order valence-electron chi connectivity index (χ4n) is 5.25. The number of benzene rings is 2. The topological polar surface area (TPSA) is 87.4 Å². The number of hydrazine groups is 1. The number of aromatic nitrogens is 3. The zero-order chi connectivity index (χ0) is 23.9. The molecule has 2 N–H and O–H groups in total. The number of aliphatic imine (C=N–C) groups is 1. The number of nitrogens with one attached hydrogen (secondary N) is 2. The van der Waals surface area contributed by atoms with Gasteiger partial charge in [0.25, 0.3) is 0 Å². The smallest absolute Gasteiger partial charge is 0.185 e. The number of hydrogen-bond donors (Lipinski definition) is 2. The van der Waals surface area contributed by atoms with E-state index in [0.29, 0.717) is 16.8 Å². The molecule has 2 atom stereocenters. The van der Waals surface area contributed by atoms with Gasteiger partial charge in [-0.1, -0.05) is 31.2 Å². The molecule has 1 saturated heterocycles. The van der Waals surface area contributed by atoms with Gasteiger partial charge in [0.05, 0.1) is 23.4 Å². The van der Waals surface area contributed by atoms with Crippen LogP contribution in [0.25, 0.3) is 0 Å². The van der Waals surface area contributed by atoms with Gasteiger partial charge in [-0.25, -0.2) is 19.5 Å². The number of ketones is 1. The molecule has 1 aromatic heterocycles. The van der Waals surface area contributed by atoms with Crippen LogP contribution in [0, 0.1) is 5.82 Å². The highest BCUT2D eigenvalue weighted by molar-refractivity contribution is 6.20. The first-order valence-electron chi connectivity index (χ1n) is 12.2. The van der Waals surface area contributed by atoms with Crippen molar-refractivity contribution in [2.45, 2.75) is 44.8 Å². The fraction of sp³-hybridized carbons (Fsp3) is 0.385. The van der Waals surface area contributed by atoms with Gasteiger partial charge in [-0.2, -0.15) is 5.10 Å². The van der Waals surface area contributed by atoms with E-state index in [1.807, 2.05) is 4.68 Å². The molecule has 4 heterocycles. The SMILES string of the molecule is CCCn1ncnc1C1C2=NCC(=O)c3cc(F)cc(c32)NNC1c1ccc(CN2CCC2)cc1. The summed E-state index contributed by atoms with van der Waals surface area (Å²) in [6.45, 7) is 6.07. The molecular weight excluding hydrogens is 445 g/mol. The zero-order valence-electron chi connectivity index (χ0n) is 19.7. The summed E-state index contributed by atoms with van der Waals surface area (Å²) in [6.07, 6.45) is 3.74. The normalized spacial score (nSPS) is 21.5. The molecule has 9 heteroatoms. The van der Waals surface area contributed by atoms with Crippen LogP contribution >= 0.6 is 0 Å². The molecule has 35 heavy (non-hydrogen) atoms. The van der Waals surface area contributed by atoms with Gasteiger partial charge < -0.3 is 5.43 Å². The lowest BCUT2D eigenvalue weighted by Crippen LogP contribution is -2.36. The molecule has 0 saturated carbocycles. The molecule has 1 fully saturated rings. The Bertz CT molecular complexity index is 1300. The van der Waals surface area contributed by atoms with Crippen LogP contribution < -0.4 is 10.9 Å². The molecule has 2 aromatic carbocycles. The molecule has 0 spiro atoms. The van der Waals surface area contributed by atoms with Gasteiger partial charge in [0.2, 0.25) is 0 Å². The summed E-state index contributed by atoms with van der Waals surface area (Å²) in [5.74, 6) is -0.195. The summed E-state index contributed by atoms with van der Waals surface area (Å²) in [6, 6.07) is 11.1. The third-order valence-corrected chi connectivity index (χ3v) is 7.10. The Labute approximate surface area is 203 Å². The van der Waals surface area contributed by atoms with E-state index in [-0.39, 0.29) is 24.3 Å². The second-order valence-electron chi connectivity index (χ2n) is 9.44. The highest BCUT2D eigenvalue weighted by Gasteiger charge is 2.40. The van der Waals surface area contributed by atoms with Crippen LogP contribution in [-0.4, -0.2) is 50.8 Å². The summed E-state index contributed by atoms with van der Waals surface area (Å²) in [5.41, 5.74) is 11.2. The van der Waals surface area contributed by atoms with E-state index in [4.69, 9.17) is 4.99 Å². The number of carbonyl (C=O) groups is 1.